The average molecular weight is 365 g/mol. The van der Waals surface area contributed by atoms with Crippen LogP contribution >= 0.6 is 11.3 Å². The van der Waals surface area contributed by atoms with Crippen LogP contribution in [0.1, 0.15) is 44.9 Å². The Morgan fingerprint density at radius 1 is 1.12 bits per heavy atom. The molecule has 3 rings (SSSR count). The summed E-state index contributed by atoms with van der Waals surface area (Å²) >= 11 is 1.44. The van der Waals surface area contributed by atoms with Crippen molar-refractivity contribution < 1.29 is 9.53 Å². The van der Waals surface area contributed by atoms with E-state index < -0.39 is 0 Å². The van der Waals surface area contributed by atoms with Gasteiger partial charge in [-0.3, -0.25) is 4.79 Å². The molecule has 4 heteroatoms. The van der Waals surface area contributed by atoms with Gasteiger partial charge in [-0.15, -0.1) is 11.3 Å². The van der Waals surface area contributed by atoms with E-state index in [2.05, 4.69) is 37.4 Å². The molecular formula is C22H23NO2S. The van der Waals surface area contributed by atoms with Crippen LogP contribution in [-0.4, -0.2) is 5.91 Å². The second kappa shape index (κ2) is 8.19. The van der Waals surface area contributed by atoms with Gasteiger partial charge < -0.3 is 10.1 Å². The van der Waals surface area contributed by atoms with E-state index in [1.54, 1.807) is 0 Å². The maximum Gasteiger partial charge on any atom is 0.261 e. The number of benzene rings is 2. The third kappa shape index (κ3) is 4.52. The lowest BCUT2D eigenvalue weighted by Crippen LogP contribution is -2.26. The fourth-order valence-corrected chi connectivity index (χ4v) is 3.71. The molecule has 1 heterocycles. The Bertz CT molecular complexity index is 886. The molecule has 0 bridgehead atoms. The third-order valence-electron chi connectivity index (χ3n) is 4.27. The standard InChI is InChI=1S/C22H23NO2S/c1-15-9-10-20(16(2)11-15)17(3)23-22(24)21-12-18(14-26-21)13-25-19-7-5-4-6-8-19/h4-12,14,17H,13H2,1-3H3,(H,23,24). The Hall–Kier alpha value is -2.59. The van der Waals surface area contributed by atoms with Crippen molar-refractivity contribution in [3.05, 3.63) is 87.1 Å². The summed E-state index contributed by atoms with van der Waals surface area (Å²) in [5.41, 5.74) is 4.57. The summed E-state index contributed by atoms with van der Waals surface area (Å²) in [5.74, 6) is 0.779. The highest BCUT2D eigenvalue weighted by atomic mass is 32.1. The van der Waals surface area contributed by atoms with Crippen LogP contribution in [-0.2, 0) is 6.61 Å². The van der Waals surface area contributed by atoms with Gasteiger partial charge in [-0.25, -0.2) is 0 Å². The number of hydrogen-bond donors (Lipinski definition) is 1. The molecule has 2 aromatic carbocycles. The number of thiophene rings is 1. The van der Waals surface area contributed by atoms with Gasteiger partial charge in [0.1, 0.15) is 12.4 Å². The van der Waals surface area contributed by atoms with Gasteiger partial charge in [-0.05, 0) is 55.5 Å². The number of amides is 1. The first-order valence-electron chi connectivity index (χ1n) is 8.66. The van der Waals surface area contributed by atoms with Gasteiger partial charge in [0.05, 0.1) is 10.9 Å². The predicted octanol–water partition coefficient (Wildman–Crippen LogP) is 5.43. The predicted molar refractivity (Wildman–Crippen MR) is 107 cm³/mol. The summed E-state index contributed by atoms with van der Waals surface area (Å²) in [4.78, 5) is 13.3. The van der Waals surface area contributed by atoms with Crippen LogP contribution in [0.3, 0.4) is 0 Å². The Balaban J connectivity index is 1.60. The zero-order chi connectivity index (χ0) is 18.5. The van der Waals surface area contributed by atoms with E-state index in [0.717, 1.165) is 16.9 Å². The molecule has 1 unspecified atom stereocenters. The molecule has 1 N–H and O–H groups in total. The molecule has 0 radical (unpaired) electrons. The molecule has 0 saturated carbocycles. The van der Waals surface area contributed by atoms with Gasteiger partial charge in [-0.1, -0.05) is 42.0 Å². The second-order valence-corrected chi connectivity index (χ2v) is 7.39. The van der Waals surface area contributed by atoms with Crippen LogP contribution in [0.15, 0.2) is 60.0 Å². The number of rotatable bonds is 6. The highest BCUT2D eigenvalue weighted by Crippen LogP contribution is 2.21. The number of hydrogen-bond acceptors (Lipinski definition) is 3. The van der Waals surface area contributed by atoms with Crippen molar-refractivity contribution in [1.82, 2.24) is 5.32 Å². The SMILES string of the molecule is Cc1ccc(C(C)NC(=O)c2cc(COc3ccccc3)cs2)c(C)c1. The fourth-order valence-electron chi connectivity index (χ4n) is 2.91. The summed E-state index contributed by atoms with van der Waals surface area (Å²) < 4.78 is 5.74. The highest BCUT2D eigenvalue weighted by molar-refractivity contribution is 7.12. The lowest BCUT2D eigenvalue weighted by atomic mass is 10.0. The average Bonchev–Trinajstić information content (AvgIpc) is 3.10. The largest absolute Gasteiger partial charge is 0.489 e. The fraction of sp³-hybridized carbons (Fsp3) is 0.227. The van der Waals surface area contributed by atoms with Gasteiger partial charge in [0, 0.05) is 5.56 Å². The Morgan fingerprint density at radius 2 is 1.88 bits per heavy atom. The normalized spacial score (nSPS) is 11.8. The van der Waals surface area contributed by atoms with Crippen molar-refractivity contribution in [2.45, 2.75) is 33.4 Å². The van der Waals surface area contributed by atoms with Crippen LogP contribution in [0, 0.1) is 13.8 Å². The molecule has 1 amide bonds. The van der Waals surface area contributed by atoms with Crippen LogP contribution in [0.2, 0.25) is 0 Å². The Labute approximate surface area is 158 Å². The summed E-state index contributed by atoms with van der Waals surface area (Å²) in [6.07, 6.45) is 0. The van der Waals surface area contributed by atoms with Crippen molar-refractivity contribution in [2.24, 2.45) is 0 Å². The lowest BCUT2D eigenvalue weighted by molar-refractivity contribution is 0.0944. The first kappa shape index (κ1) is 18.2. The maximum absolute atomic E-state index is 12.6. The number of nitrogens with one attached hydrogen (secondary N) is 1. The molecule has 3 aromatic rings. The number of aryl methyl sites for hydroxylation is 2. The monoisotopic (exact) mass is 365 g/mol. The number of ether oxygens (including phenoxy) is 1. The van der Waals surface area contributed by atoms with Crippen molar-refractivity contribution in [2.75, 3.05) is 0 Å². The number of para-hydroxylation sites is 1. The molecule has 0 aliphatic heterocycles. The minimum absolute atomic E-state index is 0.0331. The molecule has 1 atom stereocenters. The molecule has 0 fully saturated rings. The first-order valence-corrected chi connectivity index (χ1v) is 9.54. The summed E-state index contributed by atoms with van der Waals surface area (Å²) in [6, 6.07) is 17.9. The highest BCUT2D eigenvalue weighted by Gasteiger charge is 2.15. The molecule has 0 aliphatic carbocycles. The van der Waals surface area contributed by atoms with Gasteiger partial charge in [0.2, 0.25) is 0 Å². The van der Waals surface area contributed by atoms with Crippen LogP contribution in [0.4, 0.5) is 0 Å². The zero-order valence-corrected chi connectivity index (χ0v) is 16.1. The second-order valence-electron chi connectivity index (χ2n) is 6.48. The summed E-state index contributed by atoms with van der Waals surface area (Å²) in [7, 11) is 0. The minimum atomic E-state index is -0.0477. The smallest absolute Gasteiger partial charge is 0.261 e. The van der Waals surface area contributed by atoms with Crippen molar-refractivity contribution in [3.63, 3.8) is 0 Å². The molecular weight excluding hydrogens is 342 g/mol. The van der Waals surface area contributed by atoms with Gasteiger partial charge in [-0.2, -0.15) is 0 Å². The van der Waals surface area contributed by atoms with Crippen LogP contribution in [0.25, 0.3) is 0 Å². The molecule has 134 valence electrons. The Kier molecular flexibility index (Phi) is 5.74. The summed E-state index contributed by atoms with van der Waals surface area (Å²) in [5, 5.41) is 5.06. The van der Waals surface area contributed by atoms with E-state index in [-0.39, 0.29) is 11.9 Å². The van der Waals surface area contributed by atoms with E-state index in [1.807, 2.05) is 48.7 Å². The molecule has 3 nitrogen and oxygen atoms in total. The zero-order valence-electron chi connectivity index (χ0n) is 15.3. The van der Waals surface area contributed by atoms with Gasteiger partial charge in [0.15, 0.2) is 0 Å². The van der Waals surface area contributed by atoms with E-state index in [1.165, 1.54) is 22.5 Å². The van der Waals surface area contributed by atoms with E-state index in [4.69, 9.17) is 4.74 Å². The van der Waals surface area contributed by atoms with Crippen molar-refractivity contribution in [1.29, 1.82) is 0 Å². The molecule has 0 saturated heterocycles. The quantitative estimate of drug-likeness (QED) is 0.632. The number of carbonyl (C=O) groups is 1. The van der Waals surface area contributed by atoms with E-state index >= 15 is 0 Å². The van der Waals surface area contributed by atoms with Crippen LogP contribution in [0.5, 0.6) is 5.75 Å². The lowest BCUT2D eigenvalue weighted by Gasteiger charge is -2.16. The molecule has 0 aliphatic rings. The van der Waals surface area contributed by atoms with E-state index in [0.29, 0.717) is 11.5 Å². The molecule has 26 heavy (non-hydrogen) atoms. The Morgan fingerprint density at radius 3 is 2.62 bits per heavy atom. The van der Waals surface area contributed by atoms with Crippen molar-refractivity contribution >= 4 is 17.2 Å². The van der Waals surface area contributed by atoms with Gasteiger partial charge in [0.25, 0.3) is 5.91 Å². The van der Waals surface area contributed by atoms with Crippen LogP contribution < -0.4 is 10.1 Å². The van der Waals surface area contributed by atoms with E-state index in [9.17, 15) is 4.79 Å². The molecule has 1 aromatic heterocycles. The van der Waals surface area contributed by atoms with Crippen molar-refractivity contribution in [3.8, 4) is 5.75 Å². The first-order chi connectivity index (χ1) is 12.5. The molecule has 0 spiro atoms. The topological polar surface area (TPSA) is 38.3 Å². The van der Waals surface area contributed by atoms with Gasteiger partial charge >= 0.3 is 0 Å². The number of carbonyl (C=O) groups excluding carboxylic acids is 1. The minimum Gasteiger partial charge on any atom is -0.489 e. The maximum atomic E-state index is 12.6. The summed E-state index contributed by atoms with van der Waals surface area (Å²) in [6.45, 7) is 6.63. The third-order valence-corrected chi connectivity index (χ3v) is 5.24.